The van der Waals surface area contributed by atoms with E-state index in [2.05, 4.69) is 49.7 Å². The lowest BCUT2D eigenvalue weighted by Gasteiger charge is -2.28. The molecule has 1 atom stereocenters. The Kier molecular flexibility index (Phi) is 6.16. The largest absolute Gasteiger partial charge is 0.315 e. The molecule has 1 heterocycles. The molecule has 0 aromatic rings. The van der Waals surface area contributed by atoms with Gasteiger partial charge in [-0.15, -0.1) is 0 Å². The van der Waals surface area contributed by atoms with Gasteiger partial charge in [0, 0.05) is 29.6 Å². The van der Waals surface area contributed by atoms with Crippen molar-refractivity contribution < 1.29 is 0 Å². The molecule has 1 aliphatic rings. The van der Waals surface area contributed by atoms with Gasteiger partial charge in [-0.3, -0.25) is 4.90 Å². The number of nitrogens with zero attached hydrogens (tertiary/aromatic N) is 1. The van der Waals surface area contributed by atoms with Crippen LogP contribution in [0.2, 0.25) is 0 Å². The van der Waals surface area contributed by atoms with Gasteiger partial charge in [-0.1, -0.05) is 20.8 Å². The maximum Gasteiger partial charge on any atom is 0.0192 e. The van der Waals surface area contributed by atoms with Gasteiger partial charge < -0.3 is 5.32 Å². The van der Waals surface area contributed by atoms with Gasteiger partial charge in [0.25, 0.3) is 0 Å². The Morgan fingerprint density at radius 3 is 2.81 bits per heavy atom. The van der Waals surface area contributed by atoms with Crippen LogP contribution in [0.1, 0.15) is 40.5 Å². The van der Waals surface area contributed by atoms with Crippen LogP contribution < -0.4 is 5.32 Å². The van der Waals surface area contributed by atoms with E-state index in [1.165, 1.54) is 31.7 Å². The summed E-state index contributed by atoms with van der Waals surface area (Å²) in [5.74, 6) is 1.28. The van der Waals surface area contributed by atoms with E-state index in [9.17, 15) is 0 Å². The highest BCUT2D eigenvalue weighted by Crippen LogP contribution is 2.31. The Bertz CT molecular complexity index is 194. The van der Waals surface area contributed by atoms with Crippen LogP contribution in [0.5, 0.6) is 0 Å². The third-order valence-corrected chi connectivity index (χ3v) is 4.73. The maximum atomic E-state index is 3.52. The lowest BCUT2D eigenvalue weighted by Crippen LogP contribution is -2.42. The third-order valence-electron chi connectivity index (χ3n) is 3.36. The minimum atomic E-state index is 0.477. The predicted octanol–water partition coefficient (Wildman–Crippen LogP) is 2.59. The van der Waals surface area contributed by atoms with Gasteiger partial charge in [0.2, 0.25) is 0 Å². The summed E-state index contributed by atoms with van der Waals surface area (Å²) in [6.45, 7) is 14.1. The zero-order valence-corrected chi connectivity index (χ0v) is 12.2. The normalized spacial score (nSPS) is 24.0. The van der Waals surface area contributed by atoms with Gasteiger partial charge in [0.05, 0.1) is 0 Å². The van der Waals surface area contributed by atoms with Crippen molar-refractivity contribution in [1.29, 1.82) is 0 Å². The molecule has 1 fully saturated rings. The van der Waals surface area contributed by atoms with Gasteiger partial charge in [-0.25, -0.2) is 0 Å². The van der Waals surface area contributed by atoms with Crippen molar-refractivity contribution in [2.24, 2.45) is 0 Å². The van der Waals surface area contributed by atoms with Crippen LogP contribution >= 0.6 is 11.8 Å². The van der Waals surface area contributed by atoms with E-state index < -0.39 is 0 Å². The molecular weight excluding hydrogens is 216 g/mol. The molecule has 96 valence electrons. The molecule has 0 aliphatic carbocycles. The molecule has 1 unspecified atom stereocenters. The quantitative estimate of drug-likeness (QED) is 0.748. The van der Waals surface area contributed by atoms with E-state index in [1.807, 2.05) is 0 Å². The Morgan fingerprint density at radius 2 is 2.12 bits per heavy atom. The number of hydrogen-bond donors (Lipinski definition) is 1. The molecule has 16 heavy (non-hydrogen) atoms. The molecule has 0 radical (unpaired) electrons. The molecule has 0 aromatic carbocycles. The van der Waals surface area contributed by atoms with E-state index >= 15 is 0 Å². The summed E-state index contributed by atoms with van der Waals surface area (Å²) in [5.41, 5.74) is 0. The molecule has 0 spiro atoms. The fourth-order valence-electron chi connectivity index (χ4n) is 2.09. The second-order valence-corrected chi connectivity index (χ2v) is 7.25. The number of thioether (sulfide) groups is 1. The summed E-state index contributed by atoms with van der Waals surface area (Å²) >= 11 is 2.13. The van der Waals surface area contributed by atoms with Gasteiger partial charge in [-0.05, 0) is 32.9 Å². The first-order valence-electron chi connectivity index (χ1n) is 6.64. The van der Waals surface area contributed by atoms with Crippen molar-refractivity contribution in [3.8, 4) is 0 Å². The molecule has 1 aliphatic heterocycles. The van der Waals surface area contributed by atoms with Crippen LogP contribution in [0.15, 0.2) is 0 Å². The van der Waals surface area contributed by atoms with E-state index in [0.717, 1.165) is 13.1 Å². The van der Waals surface area contributed by atoms with Crippen LogP contribution in [0, 0.1) is 0 Å². The highest BCUT2D eigenvalue weighted by molar-refractivity contribution is 8.00. The van der Waals surface area contributed by atoms with Gasteiger partial charge in [-0.2, -0.15) is 11.8 Å². The summed E-state index contributed by atoms with van der Waals surface area (Å²) in [5, 5.41) is 3.52. The van der Waals surface area contributed by atoms with Gasteiger partial charge in [0.15, 0.2) is 0 Å². The second-order valence-electron chi connectivity index (χ2n) is 5.45. The van der Waals surface area contributed by atoms with Crippen molar-refractivity contribution in [3.05, 3.63) is 0 Å². The Morgan fingerprint density at radius 1 is 1.38 bits per heavy atom. The molecule has 0 aromatic heterocycles. The van der Waals surface area contributed by atoms with Crippen molar-refractivity contribution in [3.63, 3.8) is 0 Å². The lowest BCUT2D eigenvalue weighted by molar-refractivity contribution is 0.213. The van der Waals surface area contributed by atoms with Crippen LogP contribution in [-0.4, -0.2) is 47.6 Å². The summed E-state index contributed by atoms with van der Waals surface area (Å²) < 4.78 is 0.477. The Hall–Kier alpha value is 0.270. The minimum Gasteiger partial charge on any atom is -0.315 e. The average molecular weight is 244 g/mol. The van der Waals surface area contributed by atoms with Crippen LogP contribution in [0.25, 0.3) is 0 Å². The number of nitrogens with one attached hydrogen (secondary N) is 1. The molecule has 1 rings (SSSR count). The fourth-order valence-corrected chi connectivity index (χ4v) is 3.21. The molecule has 1 saturated heterocycles. The summed E-state index contributed by atoms with van der Waals surface area (Å²) in [7, 11) is 0. The molecule has 2 nitrogen and oxygen atoms in total. The number of rotatable bonds is 5. The highest BCUT2D eigenvalue weighted by Gasteiger charge is 2.25. The topological polar surface area (TPSA) is 15.3 Å². The molecule has 0 bridgehead atoms. The number of hydrogen-bond acceptors (Lipinski definition) is 3. The van der Waals surface area contributed by atoms with E-state index in [4.69, 9.17) is 0 Å². The van der Waals surface area contributed by atoms with Crippen LogP contribution in [-0.2, 0) is 0 Å². The van der Waals surface area contributed by atoms with Crippen molar-refractivity contribution in [1.82, 2.24) is 10.2 Å². The summed E-state index contributed by atoms with van der Waals surface area (Å²) in [4.78, 5) is 2.64. The van der Waals surface area contributed by atoms with Crippen LogP contribution in [0.4, 0.5) is 0 Å². The lowest BCUT2D eigenvalue weighted by atomic mass is 10.1. The predicted molar refractivity (Wildman–Crippen MR) is 75.3 cm³/mol. The minimum absolute atomic E-state index is 0.477. The second kappa shape index (κ2) is 6.87. The van der Waals surface area contributed by atoms with Crippen LogP contribution in [0.3, 0.4) is 0 Å². The Balaban J connectivity index is 2.30. The smallest absolute Gasteiger partial charge is 0.0192 e. The van der Waals surface area contributed by atoms with Gasteiger partial charge in [0.1, 0.15) is 0 Å². The average Bonchev–Trinajstić information content (AvgIpc) is 2.39. The Labute approximate surface area is 106 Å². The van der Waals surface area contributed by atoms with Crippen molar-refractivity contribution >= 4 is 11.8 Å². The maximum absolute atomic E-state index is 3.52. The standard InChI is InChI=1S/C13H28N2S/c1-5-7-14-11-12(2)15-8-6-13(3,4)16-10-9-15/h12,14H,5-11H2,1-4H3. The SMILES string of the molecule is CCCNCC(C)N1CCSC(C)(C)CC1. The van der Waals surface area contributed by atoms with Crippen molar-refractivity contribution in [2.45, 2.75) is 51.3 Å². The van der Waals surface area contributed by atoms with Crippen molar-refractivity contribution in [2.75, 3.05) is 31.9 Å². The fraction of sp³-hybridized carbons (Fsp3) is 1.00. The van der Waals surface area contributed by atoms with Gasteiger partial charge >= 0.3 is 0 Å². The molecule has 3 heteroatoms. The zero-order chi connectivity index (χ0) is 12.0. The first-order valence-corrected chi connectivity index (χ1v) is 7.62. The summed E-state index contributed by atoms with van der Waals surface area (Å²) in [6, 6.07) is 0.682. The highest BCUT2D eigenvalue weighted by atomic mass is 32.2. The summed E-state index contributed by atoms with van der Waals surface area (Å²) in [6.07, 6.45) is 2.55. The molecule has 0 saturated carbocycles. The third kappa shape index (κ3) is 5.07. The van der Waals surface area contributed by atoms with E-state index in [1.54, 1.807) is 0 Å². The van der Waals surface area contributed by atoms with E-state index in [-0.39, 0.29) is 0 Å². The first-order chi connectivity index (χ1) is 7.55. The monoisotopic (exact) mass is 244 g/mol. The zero-order valence-electron chi connectivity index (χ0n) is 11.4. The van der Waals surface area contributed by atoms with E-state index in [0.29, 0.717) is 10.8 Å². The molecular formula is C13H28N2S. The first kappa shape index (κ1) is 14.3. The molecule has 1 N–H and O–H groups in total. The molecule has 0 amide bonds.